The number of methoxy groups -OCH3 is 1. The van der Waals surface area contributed by atoms with Crippen molar-refractivity contribution < 1.29 is 14.2 Å². The van der Waals surface area contributed by atoms with Gasteiger partial charge in [-0.2, -0.15) is 0 Å². The van der Waals surface area contributed by atoms with Gasteiger partial charge in [0, 0.05) is 58.8 Å². The molecule has 0 saturated carbocycles. The maximum absolute atomic E-state index is 5.95. The molecule has 0 aromatic carbocycles. The van der Waals surface area contributed by atoms with Crippen LogP contribution in [0.15, 0.2) is 23.3 Å². The normalized spacial score (nSPS) is 15.1. The van der Waals surface area contributed by atoms with E-state index in [2.05, 4.69) is 33.2 Å². The Morgan fingerprint density at radius 1 is 1.24 bits per heavy atom. The lowest BCUT2D eigenvalue weighted by molar-refractivity contribution is 0.00989. The minimum Gasteiger partial charge on any atom is -0.477 e. The Morgan fingerprint density at radius 3 is 2.72 bits per heavy atom. The van der Waals surface area contributed by atoms with Crippen LogP contribution < -0.4 is 10.1 Å². The van der Waals surface area contributed by atoms with Crippen LogP contribution in [-0.4, -0.2) is 69.0 Å². The summed E-state index contributed by atoms with van der Waals surface area (Å²) in [5.74, 6) is 1.63. The number of aromatic nitrogens is 1. The lowest BCUT2D eigenvalue weighted by Gasteiger charge is -2.34. The molecule has 0 spiro atoms. The van der Waals surface area contributed by atoms with Crippen molar-refractivity contribution in [1.29, 1.82) is 0 Å². The summed E-state index contributed by atoms with van der Waals surface area (Å²) in [5, 5.41) is 3.46. The lowest BCUT2D eigenvalue weighted by atomic mass is 10.1. The number of aliphatic imine (C=N–C) groups is 1. The van der Waals surface area contributed by atoms with Crippen LogP contribution in [0.3, 0.4) is 0 Å². The van der Waals surface area contributed by atoms with Crippen LogP contribution in [0.1, 0.15) is 44.6 Å². The second-order valence-electron chi connectivity index (χ2n) is 6.97. The first kappa shape index (κ1) is 25.9. The van der Waals surface area contributed by atoms with E-state index < -0.39 is 0 Å². The molecular weight excluding hydrogens is 483 g/mol. The number of unbranched alkanes of at least 4 members (excludes halogenated alkanes) is 1. The Bertz CT molecular complexity index is 581. The zero-order valence-corrected chi connectivity index (χ0v) is 20.4. The van der Waals surface area contributed by atoms with Crippen LogP contribution in [-0.2, 0) is 16.0 Å². The highest BCUT2D eigenvalue weighted by molar-refractivity contribution is 14.0. The molecule has 7 nitrogen and oxygen atoms in total. The van der Waals surface area contributed by atoms with Gasteiger partial charge in [-0.3, -0.25) is 4.99 Å². The molecule has 0 amide bonds. The Hall–Kier alpha value is -1.13. The molecule has 29 heavy (non-hydrogen) atoms. The summed E-state index contributed by atoms with van der Waals surface area (Å²) in [5.41, 5.74) is 1.05. The molecule has 0 atom stereocenters. The molecule has 1 saturated heterocycles. The highest BCUT2D eigenvalue weighted by Gasteiger charge is 2.22. The van der Waals surface area contributed by atoms with Crippen molar-refractivity contribution in [2.24, 2.45) is 4.99 Å². The van der Waals surface area contributed by atoms with Gasteiger partial charge in [0.05, 0.1) is 12.7 Å². The summed E-state index contributed by atoms with van der Waals surface area (Å²) < 4.78 is 16.8. The van der Waals surface area contributed by atoms with Gasteiger partial charge in [-0.1, -0.05) is 19.4 Å². The highest BCUT2D eigenvalue weighted by Crippen LogP contribution is 2.16. The van der Waals surface area contributed by atoms with Crippen LogP contribution in [0.2, 0.25) is 0 Å². The molecule has 2 rings (SSSR count). The summed E-state index contributed by atoms with van der Waals surface area (Å²) in [6.45, 7) is 6.93. The average molecular weight is 520 g/mol. The number of pyridine rings is 1. The van der Waals surface area contributed by atoms with E-state index in [0.29, 0.717) is 25.1 Å². The van der Waals surface area contributed by atoms with Crippen LogP contribution in [0.5, 0.6) is 5.88 Å². The third-order valence-electron chi connectivity index (χ3n) is 4.82. The lowest BCUT2D eigenvalue weighted by Crippen LogP contribution is -2.46. The number of guanidine groups is 1. The molecule has 166 valence electrons. The van der Waals surface area contributed by atoms with Crippen molar-refractivity contribution in [2.45, 2.75) is 51.7 Å². The second kappa shape index (κ2) is 15.7. The predicted molar refractivity (Wildman–Crippen MR) is 127 cm³/mol. The summed E-state index contributed by atoms with van der Waals surface area (Å²) in [6, 6.07) is 3.99. The van der Waals surface area contributed by atoms with Gasteiger partial charge >= 0.3 is 0 Å². The summed E-state index contributed by atoms with van der Waals surface area (Å²) >= 11 is 0. The van der Waals surface area contributed by atoms with Crippen molar-refractivity contribution in [3.63, 3.8) is 0 Å². The molecule has 2 heterocycles. The van der Waals surface area contributed by atoms with Gasteiger partial charge in [-0.05, 0) is 31.7 Å². The summed E-state index contributed by atoms with van der Waals surface area (Å²) in [6.07, 6.45) is 7.25. The van der Waals surface area contributed by atoms with E-state index in [1.807, 2.05) is 13.1 Å². The standard InChI is InChI=1S/C21H36N4O3.HI/c1-4-5-15-28-20-18(8-6-11-23-20)17-24-21(22-2)25-12-9-19(10-13-25)27-16-7-14-26-3;/h6,8,11,19H,4-5,7,9-10,12-17H2,1-3H3,(H,22,24);1H. The molecule has 1 aliphatic heterocycles. The summed E-state index contributed by atoms with van der Waals surface area (Å²) in [7, 11) is 3.56. The topological polar surface area (TPSA) is 68.2 Å². The van der Waals surface area contributed by atoms with E-state index in [4.69, 9.17) is 14.2 Å². The van der Waals surface area contributed by atoms with Gasteiger partial charge in [0.25, 0.3) is 0 Å². The smallest absolute Gasteiger partial charge is 0.218 e. The Labute approximate surface area is 192 Å². The van der Waals surface area contributed by atoms with Crippen molar-refractivity contribution in [3.05, 3.63) is 23.9 Å². The molecule has 8 heteroatoms. The number of hydrogen-bond acceptors (Lipinski definition) is 5. The molecule has 0 aliphatic carbocycles. The fraction of sp³-hybridized carbons (Fsp3) is 0.714. The fourth-order valence-corrected chi connectivity index (χ4v) is 3.20. The van der Waals surface area contributed by atoms with Crippen molar-refractivity contribution >= 4 is 29.9 Å². The number of nitrogens with one attached hydrogen (secondary N) is 1. The molecule has 1 aromatic heterocycles. The first-order chi connectivity index (χ1) is 13.8. The molecule has 1 aliphatic rings. The van der Waals surface area contributed by atoms with Gasteiger partial charge in [0.1, 0.15) is 0 Å². The summed E-state index contributed by atoms with van der Waals surface area (Å²) in [4.78, 5) is 11.1. The van der Waals surface area contributed by atoms with E-state index >= 15 is 0 Å². The van der Waals surface area contributed by atoms with E-state index in [1.54, 1.807) is 13.3 Å². The zero-order valence-electron chi connectivity index (χ0n) is 18.1. The maximum Gasteiger partial charge on any atom is 0.218 e. The van der Waals surface area contributed by atoms with Gasteiger partial charge in [-0.15, -0.1) is 24.0 Å². The molecule has 0 unspecified atom stereocenters. The Balaban J connectivity index is 0.00000420. The molecule has 0 bridgehead atoms. The maximum atomic E-state index is 5.95. The van der Waals surface area contributed by atoms with Crippen molar-refractivity contribution in [1.82, 2.24) is 15.2 Å². The van der Waals surface area contributed by atoms with Gasteiger partial charge < -0.3 is 24.4 Å². The predicted octanol–water partition coefficient (Wildman–Crippen LogP) is 3.47. The third-order valence-corrected chi connectivity index (χ3v) is 4.82. The van der Waals surface area contributed by atoms with Crippen LogP contribution in [0.25, 0.3) is 0 Å². The average Bonchev–Trinajstić information content (AvgIpc) is 2.74. The Kier molecular flexibility index (Phi) is 14.0. The van der Waals surface area contributed by atoms with E-state index in [-0.39, 0.29) is 24.0 Å². The molecule has 0 radical (unpaired) electrons. The minimum absolute atomic E-state index is 0. The molecule has 1 aromatic rings. The number of piperidine rings is 1. The number of halogens is 1. The number of nitrogens with zero attached hydrogens (tertiary/aromatic N) is 3. The first-order valence-corrected chi connectivity index (χ1v) is 10.4. The van der Waals surface area contributed by atoms with Crippen LogP contribution >= 0.6 is 24.0 Å². The molecule has 1 fully saturated rings. The minimum atomic E-state index is 0. The van der Waals surface area contributed by atoms with Crippen molar-refractivity contribution in [2.75, 3.05) is 47.1 Å². The van der Waals surface area contributed by atoms with Gasteiger partial charge in [0.2, 0.25) is 5.88 Å². The molecule has 1 N–H and O–H groups in total. The quantitative estimate of drug-likeness (QED) is 0.209. The SMILES string of the molecule is CCCCOc1ncccc1CNC(=NC)N1CCC(OCCCOC)CC1.I. The second-order valence-corrected chi connectivity index (χ2v) is 6.97. The van der Waals surface area contributed by atoms with Crippen molar-refractivity contribution in [3.8, 4) is 5.88 Å². The number of ether oxygens (including phenoxy) is 3. The third kappa shape index (κ3) is 9.48. The van der Waals surface area contributed by atoms with Gasteiger partial charge in [-0.25, -0.2) is 4.98 Å². The van der Waals surface area contributed by atoms with E-state index in [1.165, 1.54) is 0 Å². The van der Waals surface area contributed by atoms with E-state index in [9.17, 15) is 0 Å². The number of hydrogen-bond donors (Lipinski definition) is 1. The zero-order chi connectivity index (χ0) is 20.0. The first-order valence-electron chi connectivity index (χ1n) is 10.4. The monoisotopic (exact) mass is 520 g/mol. The Morgan fingerprint density at radius 2 is 2.03 bits per heavy atom. The number of rotatable bonds is 11. The number of likely N-dealkylation sites (tertiary alicyclic amines) is 1. The fourth-order valence-electron chi connectivity index (χ4n) is 3.20. The van der Waals surface area contributed by atoms with Gasteiger partial charge in [0.15, 0.2) is 5.96 Å². The van der Waals surface area contributed by atoms with Crippen LogP contribution in [0, 0.1) is 0 Å². The largest absolute Gasteiger partial charge is 0.477 e. The van der Waals surface area contributed by atoms with Crippen LogP contribution in [0.4, 0.5) is 0 Å². The van der Waals surface area contributed by atoms with E-state index in [0.717, 1.165) is 69.9 Å². The highest BCUT2D eigenvalue weighted by atomic mass is 127. The molecular formula is C21H37IN4O3.